The Morgan fingerprint density at radius 3 is 2.65 bits per heavy atom. The molecular formula is C20H21FN2O3. The van der Waals surface area contributed by atoms with Crippen molar-refractivity contribution < 1.29 is 18.7 Å². The third kappa shape index (κ3) is 4.02. The molecule has 2 aromatic carbocycles. The van der Waals surface area contributed by atoms with Gasteiger partial charge in [-0.05, 0) is 37.3 Å². The molecule has 1 atom stereocenters. The van der Waals surface area contributed by atoms with Crippen LogP contribution < -0.4 is 15.0 Å². The molecule has 2 aromatic rings. The maximum absolute atomic E-state index is 13.6. The van der Waals surface area contributed by atoms with Crippen molar-refractivity contribution in [3.8, 4) is 5.75 Å². The molecule has 136 valence electrons. The van der Waals surface area contributed by atoms with Crippen LogP contribution in [0.5, 0.6) is 5.75 Å². The number of halogens is 1. The molecule has 0 radical (unpaired) electrons. The summed E-state index contributed by atoms with van der Waals surface area (Å²) in [5, 5.41) is 2.72. The van der Waals surface area contributed by atoms with Gasteiger partial charge in [-0.1, -0.05) is 18.2 Å². The van der Waals surface area contributed by atoms with Crippen molar-refractivity contribution in [1.82, 2.24) is 5.32 Å². The van der Waals surface area contributed by atoms with Gasteiger partial charge in [0.25, 0.3) is 0 Å². The number of nitrogens with one attached hydrogen (secondary N) is 1. The van der Waals surface area contributed by atoms with Gasteiger partial charge in [0.2, 0.25) is 11.8 Å². The van der Waals surface area contributed by atoms with E-state index < -0.39 is 5.92 Å². The molecule has 1 fully saturated rings. The van der Waals surface area contributed by atoms with E-state index in [0.29, 0.717) is 18.7 Å². The monoisotopic (exact) mass is 356 g/mol. The van der Waals surface area contributed by atoms with Gasteiger partial charge in [-0.25, -0.2) is 4.39 Å². The summed E-state index contributed by atoms with van der Waals surface area (Å²) < 4.78 is 19.0. The molecule has 1 unspecified atom stereocenters. The molecule has 0 saturated carbocycles. The Morgan fingerprint density at radius 1 is 1.23 bits per heavy atom. The third-order valence-electron chi connectivity index (χ3n) is 4.37. The smallest absolute Gasteiger partial charge is 0.227 e. The Kier molecular flexibility index (Phi) is 5.51. The second-order valence-corrected chi connectivity index (χ2v) is 6.14. The zero-order chi connectivity index (χ0) is 18.5. The first-order valence-corrected chi connectivity index (χ1v) is 8.63. The normalized spacial score (nSPS) is 16.6. The zero-order valence-electron chi connectivity index (χ0n) is 14.6. The number of amides is 2. The van der Waals surface area contributed by atoms with Crippen LogP contribution in [0.1, 0.15) is 18.9 Å². The molecule has 26 heavy (non-hydrogen) atoms. The van der Waals surface area contributed by atoms with Crippen LogP contribution in [0.2, 0.25) is 0 Å². The second kappa shape index (κ2) is 7.99. The molecule has 1 heterocycles. The summed E-state index contributed by atoms with van der Waals surface area (Å²) in [7, 11) is 0. The van der Waals surface area contributed by atoms with Crippen molar-refractivity contribution in [3.63, 3.8) is 0 Å². The zero-order valence-corrected chi connectivity index (χ0v) is 14.6. The molecule has 1 saturated heterocycles. The van der Waals surface area contributed by atoms with Crippen LogP contribution in [0.4, 0.5) is 10.1 Å². The summed E-state index contributed by atoms with van der Waals surface area (Å²) in [6.07, 6.45) is 0.149. The van der Waals surface area contributed by atoms with E-state index >= 15 is 0 Å². The van der Waals surface area contributed by atoms with Gasteiger partial charge in [0.05, 0.1) is 12.5 Å². The van der Waals surface area contributed by atoms with Gasteiger partial charge in [0.15, 0.2) is 0 Å². The molecule has 3 rings (SSSR count). The molecule has 1 aliphatic heterocycles. The van der Waals surface area contributed by atoms with Crippen LogP contribution in [-0.4, -0.2) is 25.0 Å². The fourth-order valence-corrected chi connectivity index (χ4v) is 2.99. The number of carbonyl (C=O) groups is 2. The maximum atomic E-state index is 13.6. The standard InChI is InChI=1S/C20H21FN2O3/c1-2-26-17-9-7-16(8-10-17)23-13-15(11-19(23)24)20(25)22-12-14-5-3-4-6-18(14)21/h3-10,15H,2,11-13H2,1H3,(H,22,25). The molecule has 5 nitrogen and oxygen atoms in total. The van der Waals surface area contributed by atoms with E-state index in [1.807, 2.05) is 19.1 Å². The Labute approximate surface area is 151 Å². The van der Waals surface area contributed by atoms with E-state index in [1.54, 1.807) is 35.2 Å². The maximum Gasteiger partial charge on any atom is 0.227 e. The largest absolute Gasteiger partial charge is 0.494 e. The average molecular weight is 356 g/mol. The highest BCUT2D eigenvalue weighted by molar-refractivity contribution is 6.00. The molecule has 1 N–H and O–H groups in total. The fourth-order valence-electron chi connectivity index (χ4n) is 2.99. The van der Waals surface area contributed by atoms with Crippen LogP contribution in [0.3, 0.4) is 0 Å². The summed E-state index contributed by atoms with van der Waals surface area (Å²) in [5.74, 6) is -0.399. The number of hydrogen-bond acceptors (Lipinski definition) is 3. The summed E-state index contributed by atoms with van der Waals surface area (Å²) in [6.45, 7) is 2.91. The van der Waals surface area contributed by atoms with Crippen LogP contribution in [0.25, 0.3) is 0 Å². The highest BCUT2D eigenvalue weighted by atomic mass is 19.1. The average Bonchev–Trinajstić information content (AvgIpc) is 3.03. The Bertz CT molecular complexity index is 792. The van der Waals surface area contributed by atoms with Crippen LogP contribution in [0, 0.1) is 11.7 Å². The predicted molar refractivity (Wildman–Crippen MR) is 96.3 cm³/mol. The minimum Gasteiger partial charge on any atom is -0.494 e. The van der Waals surface area contributed by atoms with Crippen molar-refractivity contribution in [2.75, 3.05) is 18.1 Å². The number of benzene rings is 2. The lowest BCUT2D eigenvalue weighted by Crippen LogP contribution is -2.32. The van der Waals surface area contributed by atoms with E-state index in [9.17, 15) is 14.0 Å². The molecule has 2 amide bonds. The van der Waals surface area contributed by atoms with Crippen molar-refractivity contribution >= 4 is 17.5 Å². The number of rotatable bonds is 6. The molecule has 6 heteroatoms. The molecule has 1 aliphatic rings. The minimum atomic E-state index is -0.444. The van der Waals surface area contributed by atoms with Gasteiger partial charge < -0.3 is 15.0 Å². The Hall–Kier alpha value is -2.89. The molecular weight excluding hydrogens is 335 g/mol. The van der Waals surface area contributed by atoms with E-state index in [2.05, 4.69) is 5.32 Å². The SMILES string of the molecule is CCOc1ccc(N2CC(C(=O)NCc3ccccc3F)CC2=O)cc1. The van der Waals surface area contributed by atoms with E-state index in [4.69, 9.17) is 4.74 Å². The lowest BCUT2D eigenvalue weighted by atomic mass is 10.1. The van der Waals surface area contributed by atoms with Gasteiger partial charge >= 0.3 is 0 Å². The second-order valence-electron chi connectivity index (χ2n) is 6.14. The van der Waals surface area contributed by atoms with Crippen LogP contribution >= 0.6 is 0 Å². The van der Waals surface area contributed by atoms with Gasteiger partial charge in [-0.3, -0.25) is 9.59 Å². The number of hydrogen-bond donors (Lipinski definition) is 1. The summed E-state index contributed by atoms with van der Waals surface area (Å²) >= 11 is 0. The number of nitrogens with zero attached hydrogens (tertiary/aromatic N) is 1. The topological polar surface area (TPSA) is 58.6 Å². The highest BCUT2D eigenvalue weighted by Crippen LogP contribution is 2.27. The van der Waals surface area contributed by atoms with Crippen molar-refractivity contribution in [3.05, 3.63) is 59.9 Å². The quantitative estimate of drug-likeness (QED) is 0.866. The summed E-state index contributed by atoms with van der Waals surface area (Å²) in [5.41, 5.74) is 1.16. The minimum absolute atomic E-state index is 0.0970. The van der Waals surface area contributed by atoms with Gasteiger partial charge in [0, 0.05) is 30.8 Å². The Balaban J connectivity index is 1.60. The van der Waals surface area contributed by atoms with Gasteiger partial charge in [-0.2, -0.15) is 0 Å². The molecule has 0 spiro atoms. The number of ether oxygens (including phenoxy) is 1. The van der Waals surface area contributed by atoms with E-state index in [0.717, 1.165) is 11.4 Å². The third-order valence-corrected chi connectivity index (χ3v) is 4.37. The van der Waals surface area contributed by atoms with E-state index in [-0.39, 0.29) is 30.6 Å². The number of anilines is 1. The lowest BCUT2D eigenvalue weighted by molar-refractivity contribution is -0.126. The molecule has 0 aliphatic carbocycles. The first-order chi connectivity index (χ1) is 12.6. The first kappa shape index (κ1) is 17.9. The van der Waals surface area contributed by atoms with Crippen LogP contribution in [-0.2, 0) is 16.1 Å². The van der Waals surface area contributed by atoms with Crippen molar-refractivity contribution in [2.24, 2.45) is 5.92 Å². The van der Waals surface area contributed by atoms with Crippen molar-refractivity contribution in [2.45, 2.75) is 19.9 Å². The lowest BCUT2D eigenvalue weighted by Gasteiger charge is -2.17. The van der Waals surface area contributed by atoms with E-state index in [1.165, 1.54) is 6.07 Å². The first-order valence-electron chi connectivity index (χ1n) is 8.63. The van der Waals surface area contributed by atoms with Gasteiger partial charge in [0.1, 0.15) is 11.6 Å². The summed E-state index contributed by atoms with van der Waals surface area (Å²) in [6, 6.07) is 13.5. The molecule has 0 aromatic heterocycles. The highest BCUT2D eigenvalue weighted by Gasteiger charge is 2.35. The molecule has 0 bridgehead atoms. The Morgan fingerprint density at radius 2 is 1.96 bits per heavy atom. The predicted octanol–water partition coefficient (Wildman–Crippen LogP) is 2.89. The fraction of sp³-hybridized carbons (Fsp3) is 0.300. The van der Waals surface area contributed by atoms with Crippen molar-refractivity contribution in [1.29, 1.82) is 0 Å². The van der Waals surface area contributed by atoms with Crippen LogP contribution in [0.15, 0.2) is 48.5 Å². The number of carbonyl (C=O) groups excluding carboxylic acids is 2. The van der Waals surface area contributed by atoms with Gasteiger partial charge in [-0.15, -0.1) is 0 Å². The summed E-state index contributed by atoms with van der Waals surface area (Å²) in [4.78, 5) is 26.2.